The molecule has 0 aliphatic carbocycles. The molecule has 2 atom stereocenters. The van der Waals surface area contributed by atoms with Crippen molar-refractivity contribution in [3.05, 3.63) is 75.3 Å². The van der Waals surface area contributed by atoms with Crippen LogP contribution in [0.15, 0.2) is 30.5 Å². The molecule has 18 nitrogen and oxygen atoms in total. The van der Waals surface area contributed by atoms with Crippen molar-refractivity contribution >= 4 is 54.3 Å². The van der Waals surface area contributed by atoms with Gasteiger partial charge in [0.2, 0.25) is 5.91 Å². The molecule has 0 spiro atoms. The smallest absolute Gasteiger partial charge is 0.534 e. The molecular weight excluding hydrogens is 740 g/mol. The third kappa shape index (κ3) is 7.67. The summed E-state index contributed by atoms with van der Waals surface area (Å²) in [4.78, 5) is 81.6. The maximum absolute atomic E-state index is 15.0. The molecule has 6 amide bonds. The van der Waals surface area contributed by atoms with Gasteiger partial charge in [-0.05, 0) is 18.1 Å². The molecule has 2 aliphatic rings. The number of benzene rings is 2. The van der Waals surface area contributed by atoms with Gasteiger partial charge in [-0.3, -0.25) is 29.1 Å². The first-order valence-corrected chi connectivity index (χ1v) is 15.5. The molecular formula is C30H25BClF3N6O12. The van der Waals surface area contributed by atoms with Crippen LogP contribution in [0.4, 0.5) is 18.0 Å². The minimum atomic E-state index is -2.08. The lowest BCUT2D eigenvalue weighted by Gasteiger charge is -2.33. The number of carbonyl (C=O) groups excluding carboxylic acids is 5. The molecule has 3 aromatic rings. The standard InChI is InChI=1S/C30H25BClF3N6O12/c32-20-18(14(34)9-16(43)23(20)44)25(45)36-3-4-40-5-6-41(28(48)27(40)47)30(51)39-22(21-15(35)8-12(42)10-37-21)26(46)38-17-7-11-1-2-13(33)19(29(49)50)24(11)53-31(17)52/h1-2,8-10,17,22,42-44,52H,3-7H2,(H,36,45)(H,38,46)(H,39,51)(H,49,50)/t17-,22?/m0/s1. The average molecular weight is 765 g/mol. The summed E-state index contributed by atoms with van der Waals surface area (Å²) < 4.78 is 48.5. The van der Waals surface area contributed by atoms with Crippen LogP contribution in [-0.4, -0.2) is 115 Å². The molecule has 8 N–H and O–H groups in total. The number of carboxylic acid groups (broad SMARTS) is 1. The summed E-state index contributed by atoms with van der Waals surface area (Å²) in [5, 5.41) is 54.5. The highest BCUT2D eigenvalue weighted by Crippen LogP contribution is 2.37. The summed E-state index contributed by atoms with van der Waals surface area (Å²) in [6.45, 7) is -1.50. The number of aromatic nitrogens is 1. The summed E-state index contributed by atoms with van der Waals surface area (Å²) in [5.74, 6) is -14.8. The van der Waals surface area contributed by atoms with Crippen LogP contribution in [0.25, 0.3) is 0 Å². The van der Waals surface area contributed by atoms with E-state index in [1.165, 1.54) is 0 Å². The molecule has 1 aromatic heterocycles. The Kier molecular flexibility index (Phi) is 10.8. The number of amides is 6. The number of piperazine rings is 1. The molecule has 5 rings (SSSR count). The lowest BCUT2D eigenvalue weighted by molar-refractivity contribution is -0.153. The van der Waals surface area contributed by atoms with Gasteiger partial charge < -0.3 is 51.0 Å². The normalized spacial score (nSPS) is 16.0. The fraction of sp³-hybridized carbons (Fsp3) is 0.233. The zero-order chi connectivity index (χ0) is 38.9. The van der Waals surface area contributed by atoms with E-state index in [-0.39, 0.29) is 31.6 Å². The Hall–Kier alpha value is -6.29. The van der Waals surface area contributed by atoms with Crippen molar-refractivity contribution in [1.29, 1.82) is 0 Å². The van der Waals surface area contributed by atoms with E-state index in [0.717, 1.165) is 23.2 Å². The fourth-order valence-corrected chi connectivity index (χ4v) is 5.69. The van der Waals surface area contributed by atoms with E-state index >= 15 is 0 Å². The molecule has 2 aromatic carbocycles. The largest absolute Gasteiger partial charge is 0.547 e. The summed E-state index contributed by atoms with van der Waals surface area (Å²) >= 11 is 5.75. The number of hydrogen-bond acceptors (Lipinski definition) is 12. The third-order valence-electron chi connectivity index (χ3n) is 8.03. The van der Waals surface area contributed by atoms with Crippen LogP contribution in [0.1, 0.15) is 38.0 Å². The highest BCUT2D eigenvalue weighted by molar-refractivity contribution is 6.47. The molecule has 1 unspecified atom stereocenters. The lowest BCUT2D eigenvalue weighted by atomic mass is 9.72. The molecule has 23 heteroatoms. The topological polar surface area (TPSA) is 268 Å². The Labute approximate surface area is 299 Å². The Bertz CT molecular complexity index is 2060. The molecule has 2 aliphatic heterocycles. The first-order valence-electron chi connectivity index (χ1n) is 15.1. The van der Waals surface area contributed by atoms with E-state index in [1.807, 2.05) is 0 Å². The van der Waals surface area contributed by atoms with E-state index in [2.05, 4.69) is 20.9 Å². The van der Waals surface area contributed by atoms with Crippen LogP contribution in [-0.2, 0) is 20.8 Å². The number of phenolic OH excluding ortho intramolecular Hbond substituents is 2. The zero-order valence-electron chi connectivity index (χ0n) is 26.6. The predicted octanol–water partition coefficient (Wildman–Crippen LogP) is -0.0416. The number of pyridine rings is 1. The number of rotatable bonds is 9. The first-order chi connectivity index (χ1) is 25.0. The molecule has 0 bridgehead atoms. The molecule has 53 heavy (non-hydrogen) atoms. The predicted molar refractivity (Wildman–Crippen MR) is 170 cm³/mol. The van der Waals surface area contributed by atoms with Crippen molar-refractivity contribution in [1.82, 2.24) is 30.7 Å². The summed E-state index contributed by atoms with van der Waals surface area (Å²) in [6, 6.07) is -0.467. The summed E-state index contributed by atoms with van der Waals surface area (Å²) in [5.41, 5.74) is -2.39. The van der Waals surface area contributed by atoms with E-state index in [9.17, 15) is 67.4 Å². The summed E-state index contributed by atoms with van der Waals surface area (Å²) in [6.07, 6.45) is 0.407. The Balaban J connectivity index is 1.26. The number of carboxylic acids is 1. The minimum absolute atomic E-state index is 0.0612. The Morgan fingerprint density at radius 1 is 1.02 bits per heavy atom. The molecule has 3 heterocycles. The number of aromatic carboxylic acids is 1. The lowest BCUT2D eigenvalue weighted by Crippen LogP contribution is -2.60. The van der Waals surface area contributed by atoms with E-state index < -0.39 is 124 Å². The maximum Gasteiger partial charge on any atom is 0.547 e. The zero-order valence-corrected chi connectivity index (χ0v) is 27.4. The third-order valence-corrected chi connectivity index (χ3v) is 8.40. The second kappa shape index (κ2) is 15.1. The van der Waals surface area contributed by atoms with Crippen molar-refractivity contribution in [3.8, 4) is 23.0 Å². The van der Waals surface area contributed by atoms with E-state index in [0.29, 0.717) is 17.0 Å². The number of halogens is 4. The van der Waals surface area contributed by atoms with Gasteiger partial charge in [0.15, 0.2) is 23.4 Å². The van der Waals surface area contributed by atoms with Crippen LogP contribution < -0.4 is 20.6 Å². The Morgan fingerprint density at radius 2 is 1.74 bits per heavy atom. The highest BCUT2D eigenvalue weighted by atomic mass is 35.5. The number of nitrogens with zero attached hydrogens (tertiary/aromatic N) is 3. The SMILES string of the molecule is O=C(NCCN1CCN(C(=O)NC(C(=O)N[C@H]2Cc3ccc(F)c(C(=O)O)c3OB2O)c2ncc(O)cc2F)C(=O)C1=O)c1c(F)cc(O)c(O)c1Cl. The van der Waals surface area contributed by atoms with Gasteiger partial charge >= 0.3 is 30.9 Å². The number of phenols is 2. The van der Waals surface area contributed by atoms with Gasteiger partial charge in [0.05, 0.1) is 17.7 Å². The number of fused-ring (bicyclic) bond motifs is 1. The van der Waals surface area contributed by atoms with Crippen LogP contribution in [0.3, 0.4) is 0 Å². The maximum atomic E-state index is 15.0. The number of nitrogens with one attached hydrogen (secondary N) is 3. The van der Waals surface area contributed by atoms with Gasteiger partial charge in [0.25, 0.3) is 5.91 Å². The van der Waals surface area contributed by atoms with Gasteiger partial charge in [-0.1, -0.05) is 17.7 Å². The van der Waals surface area contributed by atoms with Crippen molar-refractivity contribution in [2.45, 2.75) is 18.4 Å². The minimum Gasteiger partial charge on any atom is -0.534 e. The van der Waals surface area contributed by atoms with Crippen LogP contribution in [0.2, 0.25) is 5.02 Å². The highest BCUT2D eigenvalue weighted by Gasteiger charge is 2.42. The van der Waals surface area contributed by atoms with Crippen LogP contribution in [0.5, 0.6) is 23.0 Å². The average Bonchev–Trinajstić information content (AvgIpc) is 3.08. The number of hydrogen-bond donors (Lipinski definition) is 8. The monoisotopic (exact) mass is 764 g/mol. The molecule has 0 saturated carbocycles. The van der Waals surface area contributed by atoms with Crippen molar-refractivity contribution in [2.24, 2.45) is 0 Å². The van der Waals surface area contributed by atoms with Crippen LogP contribution in [0, 0.1) is 17.5 Å². The molecule has 0 radical (unpaired) electrons. The van der Waals surface area contributed by atoms with Gasteiger partial charge in [0.1, 0.15) is 39.4 Å². The van der Waals surface area contributed by atoms with Crippen molar-refractivity contribution in [3.63, 3.8) is 0 Å². The fourth-order valence-electron chi connectivity index (χ4n) is 5.41. The number of aromatic hydroxyl groups is 3. The Morgan fingerprint density at radius 3 is 2.42 bits per heavy atom. The summed E-state index contributed by atoms with van der Waals surface area (Å²) in [7, 11) is -1.97. The van der Waals surface area contributed by atoms with Gasteiger partial charge in [-0.15, -0.1) is 0 Å². The second-order valence-electron chi connectivity index (χ2n) is 11.4. The van der Waals surface area contributed by atoms with Crippen molar-refractivity contribution in [2.75, 3.05) is 26.2 Å². The number of carbonyl (C=O) groups is 6. The molecule has 1 saturated heterocycles. The van der Waals surface area contributed by atoms with Gasteiger partial charge in [0, 0.05) is 38.3 Å². The van der Waals surface area contributed by atoms with Crippen molar-refractivity contribution < 1.29 is 72.0 Å². The number of urea groups is 1. The molecule has 278 valence electrons. The van der Waals surface area contributed by atoms with E-state index in [4.69, 9.17) is 16.3 Å². The van der Waals surface area contributed by atoms with Gasteiger partial charge in [-0.25, -0.2) is 22.8 Å². The number of imide groups is 1. The molecule has 1 fully saturated rings. The quantitative estimate of drug-likeness (QED) is 0.0809. The first kappa shape index (κ1) is 38.0. The van der Waals surface area contributed by atoms with Crippen LogP contribution >= 0.6 is 11.6 Å². The van der Waals surface area contributed by atoms with E-state index in [1.54, 1.807) is 0 Å². The van der Waals surface area contributed by atoms with Gasteiger partial charge in [-0.2, -0.15) is 0 Å². The second-order valence-corrected chi connectivity index (χ2v) is 11.8.